The Balaban J connectivity index is 1.54. The van der Waals surface area contributed by atoms with Crippen molar-refractivity contribution in [3.63, 3.8) is 0 Å². The van der Waals surface area contributed by atoms with Gasteiger partial charge in [-0.15, -0.1) is 0 Å². The Bertz CT molecular complexity index is 1120. The second-order valence-electron chi connectivity index (χ2n) is 7.24. The number of likely N-dealkylation sites (N-methyl/N-ethyl adjacent to an activating group) is 1. The van der Waals surface area contributed by atoms with Gasteiger partial charge in [-0.25, -0.2) is 4.68 Å². The first kappa shape index (κ1) is 21.0. The summed E-state index contributed by atoms with van der Waals surface area (Å²) in [5.41, 5.74) is -0.858. The van der Waals surface area contributed by atoms with Crippen molar-refractivity contribution in [2.24, 2.45) is 0 Å². The van der Waals surface area contributed by atoms with Crippen LogP contribution in [0.3, 0.4) is 0 Å². The molecule has 0 aliphatic carbocycles. The van der Waals surface area contributed by atoms with Crippen LogP contribution < -0.4 is 16.4 Å². The van der Waals surface area contributed by atoms with Crippen molar-refractivity contribution in [2.75, 3.05) is 13.6 Å². The van der Waals surface area contributed by atoms with E-state index in [-0.39, 0.29) is 30.1 Å². The molecule has 0 spiro atoms. The van der Waals surface area contributed by atoms with E-state index in [9.17, 15) is 19.2 Å². The Morgan fingerprint density at radius 2 is 2.13 bits per heavy atom. The first-order valence-corrected chi connectivity index (χ1v) is 9.65. The van der Waals surface area contributed by atoms with Crippen molar-refractivity contribution < 1.29 is 9.59 Å². The van der Waals surface area contributed by atoms with Gasteiger partial charge >= 0.3 is 11.1 Å². The average molecular weight is 413 g/mol. The zero-order valence-electron chi connectivity index (χ0n) is 16.8. The van der Waals surface area contributed by atoms with Gasteiger partial charge in [0.05, 0.1) is 0 Å². The van der Waals surface area contributed by atoms with Crippen molar-refractivity contribution in [3.05, 3.63) is 50.1 Å². The van der Waals surface area contributed by atoms with E-state index in [1.54, 1.807) is 7.05 Å². The topological polar surface area (TPSA) is 146 Å². The highest BCUT2D eigenvalue weighted by atomic mass is 16.2. The number of aromatic nitrogens is 4. The van der Waals surface area contributed by atoms with Gasteiger partial charge in [0.25, 0.3) is 5.91 Å². The fourth-order valence-electron chi connectivity index (χ4n) is 3.26. The first-order valence-electron chi connectivity index (χ1n) is 9.65. The van der Waals surface area contributed by atoms with Gasteiger partial charge in [0, 0.05) is 32.6 Å². The summed E-state index contributed by atoms with van der Waals surface area (Å²) in [6.07, 6.45) is 1.84. The molecule has 11 heteroatoms. The molecule has 2 aromatic heterocycles. The SMILES string of the molecule is CC(CCNC(=O)c1ccc(C#N)[nH]1)N(C)C(=O)Cn1nc2n(c(=O)c1=O)CCC2. The summed E-state index contributed by atoms with van der Waals surface area (Å²) in [7, 11) is 1.60. The minimum atomic E-state index is -0.801. The number of nitrogens with one attached hydrogen (secondary N) is 2. The van der Waals surface area contributed by atoms with E-state index in [0.29, 0.717) is 37.4 Å². The highest BCUT2D eigenvalue weighted by Gasteiger charge is 2.21. The smallest absolute Gasteiger partial charge is 0.333 e. The highest BCUT2D eigenvalue weighted by Crippen LogP contribution is 2.07. The Hall–Kier alpha value is -3.68. The van der Waals surface area contributed by atoms with Crippen LogP contribution in [0, 0.1) is 11.3 Å². The summed E-state index contributed by atoms with van der Waals surface area (Å²) >= 11 is 0. The summed E-state index contributed by atoms with van der Waals surface area (Å²) in [5, 5.41) is 15.7. The van der Waals surface area contributed by atoms with E-state index >= 15 is 0 Å². The molecule has 0 saturated carbocycles. The van der Waals surface area contributed by atoms with Crippen LogP contribution in [0.4, 0.5) is 0 Å². The molecule has 1 atom stereocenters. The van der Waals surface area contributed by atoms with Gasteiger partial charge in [0.2, 0.25) is 5.91 Å². The number of nitriles is 1. The van der Waals surface area contributed by atoms with E-state index in [1.165, 1.54) is 21.6 Å². The number of hydrogen-bond acceptors (Lipinski definition) is 6. The minimum absolute atomic E-state index is 0.220. The number of fused-ring (bicyclic) bond motifs is 1. The average Bonchev–Trinajstić information content (AvgIpc) is 3.40. The van der Waals surface area contributed by atoms with Crippen LogP contribution >= 0.6 is 0 Å². The molecule has 0 saturated heterocycles. The number of amides is 2. The molecular formula is C19H23N7O4. The lowest BCUT2D eigenvalue weighted by Crippen LogP contribution is -2.47. The minimum Gasteiger partial charge on any atom is -0.351 e. The molecule has 2 N–H and O–H groups in total. The van der Waals surface area contributed by atoms with Gasteiger partial charge in [-0.2, -0.15) is 10.4 Å². The van der Waals surface area contributed by atoms with Crippen LogP contribution in [0.5, 0.6) is 0 Å². The zero-order valence-corrected chi connectivity index (χ0v) is 16.8. The fraction of sp³-hybridized carbons (Fsp3) is 0.474. The third-order valence-electron chi connectivity index (χ3n) is 5.23. The Labute approximate surface area is 171 Å². The summed E-state index contributed by atoms with van der Waals surface area (Å²) in [6.45, 7) is 2.31. The molecule has 0 aromatic carbocycles. The zero-order chi connectivity index (χ0) is 21.8. The van der Waals surface area contributed by atoms with Crippen molar-refractivity contribution in [1.29, 1.82) is 5.26 Å². The number of carbonyl (C=O) groups is 2. The van der Waals surface area contributed by atoms with Crippen LogP contribution in [0.1, 0.15) is 41.8 Å². The molecule has 2 aromatic rings. The highest BCUT2D eigenvalue weighted by molar-refractivity contribution is 5.92. The quantitative estimate of drug-likeness (QED) is 0.569. The number of hydrogen-bond donors (Lipinski definition) is 2. The summed E-state index contributed by atoms with van der Waals surface area (Å²) in [4.78, 5) is 53.1. The number of rotatable bonds is 7. The number of H-pyrrole nitrogens is 1. The summed E-state index contributed by atoms with van der Waals surface area (Å²) in [5.74, 6) is -0.171. The molecular weight excluding hydrogens is 390 g/mol. The van der Waals surface area contributed by atoms with Crippen LogP contribution in [-0.4, -0.2) is 55.7 Å². The Morgan fingerprint density at radius 3 is 2.83 bits per heavy atom. The fourth-order valence-corrected chi connectivity index (χ4v) is 3.26. The molecule has 2 amide bonds. The van der Waals surface area contributed by atoms with Gasteiger partial charge < -0.3 is 15.2 Å². The summed E-state index contributed by atoms with van der Waals surface area (Å²) < 4.78 is 2.30. The lowest BCUT2D eigenvalue weighted by molar-refractivity contribution is -0.132. The van der Waals surface area contributed by atoms with Crippen molar-refractivity contribution in [3.8, 4) is 6.07 Å². The van der Waals surface area contributed by atoms with Crippen LogP contribution in [0.2, 0.25) is 0 Å². The number of carbonyl (C=O) groups excluding carboxylic acids is 2. The van der Waals surface area contributed by atoms with E-state index in [4.69, 9.17) is 5.26 Å². The lowest BCUT2D eigenvalue weighted by Gasteiger charge is -2.25. The predicted octanol–water partition coefficient (Wildman–Crippen LogP) is -0.782. The molecule has 158 valence electrons. The number of nitrogens with zero attached hydrogens (tertiary/aromatic N) is 5. The van der Waals surface area contributed by atoms with Gasteiger partial charge in [0.15, 0.2) is 0 Å². The standard InChI is InChI=1S/C19H23N7O4/c1-12(7-8-21-17(28)14-6-5-13(10-20)22-14)24(2)16(27)11-26-19(30)18(29)25-9-3-4-15(25)23-26/h5-6,12,22H,3-4,7-9,11H2,1-2H3,(H,21,28). The Kier molecular flexibility index (Phi) is 6.15. The monoisotopic (exact) mass is 413 g/mol. The molecule has 0 radical (unpaired) electrons. The van der Waals surface area contributed by atoms with Crippen LogP contribution in [0.25, 0.3) is 0 Å². The summed E-state index contributed by atoms with van der Waals surface area (Å²) in [6, 6.07) is 4.74. The van der Waals surface area contributed by atoms with E-state index in [2.05, 4.69) is 15.4 Å². The number of aryl methyl sites for hydroxylation is 1. The Morgan fingerprint density at radius 1 is 1.37 bits per heavy atom. The lowest BCUT2D eigenvalue weighted by atomic mass is 10.2. The first-order chi connectivity index (χ1) is 14.3. The number of aromatic amines is 1. The van der Waals surface area contributed by atoms with Gasteiger partial charge in [-0.05, 0) is 31.9 Å². The van der Waals surface area contributed by atoms with Crippen molar-refractivity contribution in [2.45, 2.75) is 45.3 Å². The molecule has 11 nitrogen and oxygen atoms in total. The van der Waals surface area contributed by atoms with Crippen molar-refractivity contribution >= 4 is 11.8 Å². The third kappa shape index (κ3) is 4.32. The van der Waals surface area contributed by atoms with E-state index < -0.39 is 11.1 Å². The van der Waals surface area contributed by atoms with Crippen molar-refractivity contribution in [1.82, 2.24) is 29.5 Å². The predicted molar refractivity (Wildman–Crippen MR) is 106 cm³/mol. The molecule has 30 heavy (non-hydrogen) atoms. The van der Waals surface area contributed by atoms with Crippen LogP contribution in [0.15, 0.2) is 21.7 Å². The van der Waals surface area contributed by atoms with Gasteiger partial charge in [0.1, 0.15) is 29.8 Å². The maximum Gasteiger partial charge on any atom is 0.333 e. The normalized spacial score (nSPS) is 13.4. The molecule has 1 aliphatic heterocycles. The van der Waals surface area contributed by atoms with Crippen LogP contribution in [-0.2, 0) is 24.3 Å². The third-order valence-corrected chi connectivity index (χ3v) is 5.23. The maximum absolute atomic E-state index is 12.6. The largest absolute Gasteiger partial charge is 0.351 e. The molecule has 3 heterocycles. The van der Waals surface area contributed by atoms with Gasteiger partial charge in [-0.1, -0.05) is 0 Å². The maximum atomic E-state index is 12.6. The molecule has 1 aliphatic rings. The van der Waals surface area contributed by atoms with E-state index in [0.717, 1.165) is 11.1 Å². The van der Waals surface area contributed by atoms with Gasteiger partial charge in [-0.3, -0.25) is 23.7 Å². The molecule has 3 rings (SSSR count). The molecule has 1 unspecified atom stereocenters. The molecule has 0 fully saturated rings. The molecule has 0 bridgehead atoms. The van der Waals surface area contributed by atoms with E-state index in [1.807, 2.05) is 13.0 Å². The second kappa shape index (κ2) is 8.77. The second-order valence-corrected chi connectivity index (χ2v) is 7.24.